The van der Waals surface area contributed by atoms with Crippen LogP contribution < -0.4 is 10.1 Å². The largest absolute Gasteiger partial charge is 0.472 e. The number of ether oxygens (including phenoxy) is 1. The lowest BCUT2D eigenvalue weighted by atomic mass is 9.99. The monoisotopic (exact) mass is 479 g/mol. The quantitative estimate of drug-likeness (QED) is 0.658. The van der Waals surface area contributed by atoms with E-state index in [1.54, 1.807) is 54.2 Å². The molecular weight excluding hydrogens is 446 g/mol. The Kier molecular flexibility index (Phi) is 8.30. The Balaban J connectivity index is 2.01. The average Bonchev–Trinajstić information content (AvgIpc) is 2.84. The maximum atomic E-state index is 13.6. The third kappa shape index (κ3) is 6.08. The van der Waals surface area contributed by atoms with Gasteiger partial charge in [-0.2, -0.15) is 5.26 Å². The van der Waals surface area contributed by atoms with Gasteiger partial charge in [0.2, 0.25) is 5.88 Å². The Bertz CT molecular complexity index is 1110. The number of amides is 3. The third-order valence-corrected chi connectivity index (χ3v) is 6.06. The summed E-state index contributed by atoms with van der Waals surface area (Å²) in [5.74, 6) is -0.243. The van der Waals surface area contributed by atoms with E-state index in [0.29, 0.717) is 24.2 Å². The summed E-state index contributed by atoms with van der Waals surface area (Å²) < 4.78 is 6.25. The number of fused-ring (bicyclic) bond motifs is 1. The Labute approximate surface area is 206 Å². The molecule has 0 spiro atoms. The molecule has 2 heterocycles. The molecule has 186 valence electrons. The molecular formula is C26H33N5O4. The molecule has 0 unspecified atom stereocenters. The first-order valence-electron chi connectivity index (χ1n) is 11.7. The minimum Gasteiger partial charge on any atom is -0.472 e. The molecule has 3 atom stereocenters. The van der Waals surface area contributed by atoms with Crippen LogP contribution in [0.1, 0.15) is 43.6 Å². The molecule has 0 bridgehead atoms. The molecule has 1 aromatic heterocycles. The Hall–Kier alpha value is -3.64. The fraction of sp³-hybridized carbons (Fsp3) is 0.462. The molecule has 2 aromatic rings. The number of carbonyl (C=O) groups is 2. The van der Waals surface area contributed by atoms with E-state index in [1.807, 2.05) is 26.8 Å². The van der Waals surface area contributed by atoms with Crippen molar-refractivity contribution in [2.24, 2.45) is 5.92 Å². The van der Waals surface area contributed by atoms with Crippen LogP contribution >= 0.6 is 0 Å². The molecule has 0 saturated carbocycles. The van der Waals surface area contributed by atoms with Crippen LogP contribution in [-0.4, -0.2) is 76.8 Å². The number of carbonyl (C=O) groups excluding carboxylic acids is 2. The number of hydrogen-bond donors (Lipinski definition) is 2. The third-order valence-electron chi connectivity index (χ3n) is 6.06. The lowest BCUT2D eigenvalue weighted by Gasteiger charge is -2.37. The SMILES string of the molecule is CC(C)NC(=O)N(C)C[C@@H]1Oc2ncc(-c3cccc(C#N)c3)cc2C(=O)N([C@@H](C)CO)C[C@@H]1C. The molecule has 0 fully saturated rings. The van der Waals surface area contributed by atoms with Gasteiger partial charge in [-0.05, 0) is 44.5 Å². The van der Waals surface area contributed by atoms with Gasteiger partial charge in [0.15, 0.2) is 0 Å². The Morgan fingerprint density at radius 1 is 1.34 bits per heavy atom. The number of benzene rings is 1. The minimum atomic E-state index is -0.432. The fourth-order valence-electron chi connectivity index (χ4n) is 3.96. The normalized spacial score (nSPS) is 18.6. The zero-order valence-electron chi connectivity index (χ0n) is 20.9. The van der Waals surface area contributed by atoms with Gasteiger partial charge in [-0.15, -0.1) is 0 Å². The van der Waals surface area contributed by atoms with Gasteiger partial charge in [-0.25, -0.2) is 9.78 Å². The number of nitriles is 1. The van der Waals surface area contributed by atoms with Crippen molar-refractivity contribution in [1.82, 2.24) is 20.1 Å². The summed E-state index contributed by atoms with van der Waals surface area (Å²) in [5.41, 5.74) is 2.21. The molecule has 0 aliphatic carbocycles. The van der Waals surface area contributed by atoms with Gasteiger partial charge < -0.3 is 25.0 Å². The van der Waals surface area contributed by atoms with Crippen molar-refractivity contribution in [3.05, 3.63) is 47.7 Å². The van der Waals surface area contributed by atoms with Gasteiger partial charge in [0.1, 0.15) is 11.7 Å². The number of likely N-dealkylation sites (N-methyl/N-ethyl adjacent to an activating group) is 1. The lowest BCUT2D eigenvalue weighted by molar-refractivity contribution is 0.0352. The summed E-state index contributed by atoms with van der Waals surface area (Å²) in [6.07, 6.45) is 1.18. The van der Waals surface area contributed by atoms with Crippen molar-refractivity contribution in [1.29, 1.82) is 5.26 Å². The number of aromatic nitrogens is 1. The van der Waals surface area contributed by atoms with Crippen LogP contribution in [-0.2, 0) is 0 Å². The van der Waals surface area contributed by atoms with Gasteiger partial charge in [-0.1, -0.05) is 19.1 Å². The number of pyridine rings is 1. The number of aliphatic hydroxyl groups is 1. The van der Waals surface area contributed by atoms with Gasteiger partial charge in [0, 0.05) is 37.3 Å². The molecule has 1 aliphatic rings. The van der Waals surface area contributed by atoms with Gasteiger partial charge in [0.25, 0.3) is 5.91 Å². The van der Waals surface area contributed by atoms with Crippen LogP contribution in [0.2, 0.25) is 0 Å². The second-order valence-electron chi connectivity index (χ2n) is 9.38. The predicted molar refractivity (Wildman–Crippen MR) is 132 cm³/mol. The molecule has 3 amide bonds. The number of rotatable bonds is 6. The van der Waals surface area contributed by atoms with E-state index in [4.69, 9.17) is 4.74 Å². The second kappa shape index (κ2) is 11.2. The van der Waals surface area contributed by atoms with E-state index in [0.717, 1.165) is 5.56 Å². The molecule has 0 radical (unpaired) electrons. The van der Waals surface area contributed by atoms with Gasteiger partial charge in [-0.3, -0.25) is 4.79 Å². The van der Waals surface area contributed by atoms with E-state index < -0.39 is 12.1 Å². The van der Waals surface area contributed by atoms with Crippen molar-refractivity contribution in [3.8, 4) is 23.1 Å². The zero-order chi connectivity index (χ0) is 25.7. The molecule has 9 nitrogen and oxygen atoms in total. The van der Waals surface area contributed by atoms with E-state index >= 15 is 0 Å². The van der Waals surface area contributed by atoms with Crippen molar-refractivity contribution in [2.45, 2.75) is 45.9 Å². The highest BCUT2D eigenvalue weighted by atomic mass is 16.5. The zero-order valence-corrected chi connectivity index (χ0v) is 20.9. The molecule has 35 heavy (non-hydrogen) atoms. The van der Waals surface area contributed by atoms with Crippen LogP contribution in [0.15, 0.2) is 36.5 Å². The first-order valence-corrected chi connectivity index (χ1v) is 11.7. The summed E-state index contributed by atoms with van der Waals surface area (Å²) in [7, 11) is 1.70. The topological polar surface area (TPSA) is 119 Å². The summed E-state index contributed by atoms with van der Waals surface area (Å²) in [4.78, 5) is 33.7. The van der Waals surface area contributed by atoms with Crippen LogP contribution in [0.5, 0.6) is 5.88 Å². The van der Waals surface area contributed by atoms with Crippen molar-refractivity contribution >= 4 is 11.9 Å². The van der Waals surface area contributed by atoms with E-state index in [2.05, 4.69) is 16.4 Å². The highest BCUT2D eigenvalue weighted by Gasteiger charge is 2.34. The number of urea groups is 1. The molecule has 1 aliphatic heterocycles. The average molecular weight is 480 g/mol. The maximum absolute atomic E-state index is 13.6. The van der Waals surface area contributed by atoms with Crippen molar-refractivity contribution < 1.29 is 19.4 Å². The van der Waals surface area contributed by atoms with Crippen LogP contribution in [0.25, 0.3) is 11.1 Å². The lowest BCUT2D eigenvalue weighted by Crippen LogP contribution is -2.51. The summed E-state index contributed by atoms with van der Waals surface area (Å²) in [6, 6.07) is 10.3. The number of nitrogens with one attached hydrogen (secondary N) is 1. The van der Waals surface area contributed by atoms with Gasteiger partial charge >= 0.3 is 6.03 Å². The second-order valence-corrected chi connectivity index (χ2v) is 9.38. The van der Waals surface area contributed by atoms with Crippen LogP contribution in [0.3, 0.4) is 0 Å². The van der Waals surface area contributed by atoms with E-state index in [-0.39, 0.29) is 41.9 Å². The molecule has 0 saturated heterocycles. The number of aliphatic hydroxyl groups excluding tert-OH is 1. The molecule has 1 aromatic carbocycles. The highest BCUT2D eigenvalue weighted by molar-refractivity contribution is 5.98. The maximum Gasteiger partial charge on any atom is 0.317 e. The predicted octanol–water partition coefficient (Wildman–Crippen LogP) is 2.89. The van der Waals surface area contributed by atoms with Gasteiger partial charge in [0.05, 0.1) is 30.8 Å². The first kappa shape index (κ1) is 26.0. The smallest absolute Gasteiger partial charge is 0.317 e. The Morgan fingerprint density at radius 3 is 2.74 bits per heavy atom. The summed E-state index contributed by atoms with van der Waals surface area (Å²) in [6.45, 7) is 7.98. The summed E-state index contributed by atoms with van der Waals surface area (Å²) in [5, 5.41) is 21.9. The summed E-state index contributed by atoms with van der Waals surface area (Å²) >= 11 is 0. The molecule has 2 N–H and O–H groups in total. The van der Waals surface area contributed by atoms with Crippen molar-refractivity contribution in [3.63, 3.8) is 0 Å². The van der Waals surface area contributed by atoms with Crippen LogP contribution in [0.4, 0.5) is 4.79 Å². The number of hydrogen-bond acceptors (Lipinski definition) is 6. The molecule has 3 rings (SSSR count). The Morgan fingerprint density at radius 2 is 2.09 bits per heavy atom. The van der Waals surface area contributed by atoms with E-state index in [9.17, 15) is 20.0 Å². The fourth-order valence-corrected chi connectivity index (χ4v) is 3.96. The van der Waals surface area contributed by atoms with Crippen LogP contribution in [0, 0.1) is 17.2 Å². The number of nitrogens with zero attached hydrogens (tertiary/aromatic N) is 4. The standard InChI is InChI=1S/C26H33N5O4/c1-16(2)29-26(34)30(5)14-23-17(3)13-31(18(4)15-32)25(33)22-10-21(12-28-24(22)35-23)20-8-6-7-19(9-20)11-27/h6-10,12,16-18,23,32H,13-15H2,1-5H3,(H,29,34)/t17-,18-,23-/m0/s1. The van der Waals surface area contributed by atoms with Crippen molar-refractivity contribution in [2.75, 3.05) is 26.7 Å². The molecule has 9 heteroatoms. The van der Waals surface area contributed by atoms with E-state index in [1.165, 1.54) is 0 Å². The minimum absolute atomic E-state index is 0.000471. The highest BCUT2D eigenvalue weighted by Crippen LogP contribution is 2.30. The first-order chi connectivity index (χ1) is 16.6.